The van der Waals surface area contributed by atoms with Crippen molar-refractivity contribution in [1.29, 1.82) is 0 Å². The van der Waals surface area contributed by atoms with Gasteiger partial charge in [-0.15, -0.1) is 0 Å². The largest absolute Gasteiger partial charge is 0.472 e. The van der Waals surface area contributed by atoms with Crippen LogP contribution in [0.1, 0.15) is 149 Å². The average Bonchev–Trinajstić information content (AvgIpc) is 3.41. The number of hydrogen-bond donors (Lipinski definition) is 6. The van der Waals surface area contributed by atoms with Gasteiger partial charge in [0.25, 0.3) is 0 Å². The zero-order chi connectivity index (χ0) is 40.0. The van der Waals surface area contributed by atoms with Crippen LogP contribution in [0.25, 0.3) is 0 Å². The molecule has 0 aromatic heterocycles. The summed E-state index contributed by atoms with van der Waals surface area (Å²) in [5.41, 5.74) is 0. The van der Waals surface area contributed by atoms with Gasteiger partial charge in [-0.05, 0) is 25.2 Å². The Bertz CT molecular complexity index is 1070. The van der Waals surface area contributed by atoms with E-state index in [-0.39, 0.29) is 31.1 Å². The minimum absolute atomic E-state index is 0.179. The lowest BCUT2D eigenvalue weighted by molar-refractivity contribution is -0.160. The lowest BCUT2D eigenvalue weighted by Gasteiger charge is -2.20. The Hall–Kier alpha value is -1.67. The molecule has 0 saturated heterocycles. The van der Waals surface area contributed by atoms with Crippen LogP contribution < -0.4 is 0 Å². The fourth-order valence-corrected chi connectivity index (χ4v) is 7.23. The highest BCUT2D eigenvalue weighted by Crippen LogP contribution is 2.43. The zero-order valence-electron chi connectivity index (χ0n) is 33.0. The van der Waals surface area contributed by atoms with Crippen LogP contribution in [0.2, 0.25) is 0 Å². The van der Waals surface area contributed by atoms with E-state index >= 15 is 0 Å². The van der Waals surface area contributed by atoms with E-state index in [1.807, 2.05) is 0 Å². The van der Waals surface area contributed by atoms with Gasteiger partial charge in [0.05, 0.1) is 44.6 Å². The van der Waals surface area contributed by atoms with Gasteiger partial charge in [0.2, 0.25) is 0 Å². The molecule has 1 rings (SSSR count). The summed E-state index contributed by atoms with van der Waals surface area (Å²) in [4.78, 5) is 35.1. The molecular weight excluding hydrogens is 719 g/mol. The molecule has 6 N–H and O–H groups in total. The van der Waals surface area contributed by atoms with E-state index < -0.39 is 76.7 Å². The first-order valence-corrected chi connectivity index (χ1v) is 22.0. The molecule has 0 aromatic rings. The summed E-state index contributed by atoms with van der Waals surface area (Å²) < 4.78 is 32.6. The van der Waals surface area contributed by atoms with Gasteiger partial charge in [0.1, 0.15) is 12.7 Å². The van der Waals surface area contributed by atoms with E-state index in [2.05, 4.69) is 18.4 Å². The Balaban J connectivity index is 2.57. The molecule has 0 spiro atoms. The molecular formula is C40H73O13P. The van der Waals surface area contributed by atoms with Crippen LogP contribution >= 0.6 is 7.82 Å². The van der Waals surface area contributed by atoms with Crippen molar-refractivity contribution in [3.63, 3.8) is 0 Å². The van der Waals surface area contributed by atoms with Crippen molar-refractivity contribution in [2.75, 3.05) is 26.4 Å². The fraction of sp³-hybridized carbons (Fsp3) is 0.850. The number of rotatable bonds is 34. The lowest BCUT2D eigenvalue weighted by Crippen LogP contribution is -2.29. The topological polar surface area (TPSA) is 210 Å². The predicted molar refractivity (Wildman–Crippen MR) is 207 cm³/mol. The molecule has 1 aliphatic carbocycles. The second kappa shape index (κ2) is 31.4. The highest BCUT2D eigenvalue weighted by molar-refractivity contribution is 7.47. The van der Waals surface area contributed by atoms with Gasteiger partial charge in [-0.25, -0.2) is 4.57 Å². The van der Waals surface area contributed by atoms with Gasteiger partial charge in [0.15, 0.2) is 6.10 Å². The molecule has 1 unspecified atom stereocenters. The van der Waals surface area contributed by atoms with E-state index in [0.717, 1.165) is 38.5 Å². The first-order valence-electron chi connectivity index (χ1n) is 20.6. The number of esters is 2. The molecule has 1 saturated carbocycles. The van der Waals surface area contributed by atoms with Gasteiger partial charge in [-0.2, -0.15) is 0 Å². The third-order valence-electron chi connectivity index (χ3n) is 9.71. The molecule has 13 nitrogen and oxygen atoms in total. The number of ether oxygens (including phenoxy) is 2. The minimum atomic E-state index is -4.71. The number of aliphatic hydroxyl groups is 5. The summed E-state index contributed by atoms with van der Waals surface area (Å²) in [7, 11) is -4.71. The smallest absolute Gasteiger partial charge is 0.462 e. The van der Waals surface area contributed by atoms with Crippen LogP contribution in [0.4, 0.5) is 0 Å². The molecule has 54 heavy (non-hydrogen) atoms. The lowest BCUT2D eigenvalue weighted by atomic mass is 9.89. The molecule has 0 bridgehead atoms. The third-order valence-corrected chi connectivity index (χ3v) is 10.7. The maximum Gasteiger partial charge on any atom is 0.472 e. The maximum atomic E-state index is 12.7. The van der Waals surface area contributed by atoms with Crippen LogP contribution in [0, 0.1) is 11.8 Å². The summed E-state index contributed by atoms with van der Waals surface area (Å²) >= 11 is 0. The molecule has 316 valence electrons. The Morgan fingerprint density at radius 1 is 0.759 bits per heavy atom. The second-order valence-electron chi connectivity index (χ2n) is 14.7. The van der Waals surface area contributed by atoms with Gasteiger partial charge in [-0.3, -0.25) is 18.6 Å². The molecule has 0 heterocycles. The quantitative estimate of drug-likeness (QED) is 0.0176. The summed E-state index contributed by atoms with van der Waals surface area (Å²) in [5.74, 6) is -1.90. The number of carbonyl (C=O) groups excluding carboxylic acids is 2. The average molecular weight is 793 g/mol. The molecule has 1 aliphatic rings. The van der Waals surface area contributed by atoms with Crippen LogP contribution in [-0.2, 0) is 32.7 Å². The second-order valence-corrected chi connectivity index (χ2v) is 16.1. The number of unbranched alkanes of at least 4 members (excludes halogenated alkanes) is 14. The van der Waals surface area contributed by atoms with Crippen LogP contribution in [-0.4, -0.2) is 99.3 Å². The molecule has 0 radical (unpaired) electrons. The highest BCUT2D eigenvalue weighted by atomic mass is 31.2. The van der Waals surface area contributed by atoms with Crippen molar-refractivity contribution in [3.05, 3.63) is 24.3 Å². The van der Waals surface area contributed by atoms with Gasteiger partial charge in [-0.1, -0.05) is 134 Å². The van der Waals surface area contributed by atoms with E-state index in [4.69, 9.17) is 19.1 Å². The Labute approximate surface area is 324 Å². The fourth-order valence-electron chi connectivity index (χ4n) is 6.44. The molecule has 0 aromatic carbocycles. The van der Waals surface area contributed by atoms with Crippen molar-refractivity contribution in [1.82, 2.24) is 0 Å². The molecule has 0 amide bonds. The number of phosphoric ester groups is 1. The summed E-state index contributed by atoms with van der Waals surface area (Å²) in [6, 6.07) is 0. The SMILES string of the molecule is CCCCCCCCCCCCCCCC(=O)OC[C@H](COP(=O)(O)OC[C@@H](O)CO)OC(=O)C/C=C\C[C@H]1[C@@H](/C=C/[C@H](O)CCCCC)[C@H](O)C[C@@H]1O. The number of phosphoric acid groups is 1. The summed E-state index contributed by atoms with van der Waals surface area (Å²) in [5, 5.41) is 49.6. The third kappa shape index (κ3) is 25.5. The van der Waals surface area contributed by atoms with E-state index in [9.17, 15) is 39.5 Å². The van der Waals surface area contributed by atoms with Crippen LogP contribution in [0.3, 0.4) is 0 Å². The standard InChI is InChI=1S/C40H73O13P/c1-3-5-7-8-9-10-11-12-13-14-15-16-18-23-39(46)50-30-34(31-52-54(48,49)51-29-33(43)28-41)53-40(47)24-20-19-22-35-36(38(45)27-37(35)44)26-25-32(42)21-17-6-4-2/h19-20,25-26,32-38,41-45H,3-18,21-24,27-31H2,1-2H3,(H,48,49)/b20-19-,26-25+/t32-,33+,34-,35+,36-,37+,38-/m1/s1. The van der Waals surface area contributed by atoms with E-state index in [1.54, 1.807) is 24.3 Å². The Kier molecular flexibility index (Phi) is 29.3. The summed E-state index contributed by atoms with van der Waals surface area (Å²) in [6.07, 6.45) is 21.3. The van der Waals surface area contributed by atoms with Crippen LogP contribution in [0.15, 0.2) is 24.3 Å². The Morgan fingerprint density at radius 2 is 1.33 bits per heavy atom. The maximum absolute atomic E-state index is 12.7. The van der Waals surface area contributed by atoms with Crippen LogP contribution in [0.5, 0.6) is 0 Å². The Morgan fingerprint density at radius 3 is 1.94 bits per heavy atom. The number of aliphatic hydroxyl groups excluding tert-OH is 5. The first kappa shape index (κ1) is 50.3. The number of carbonyl (C=O) groups is 2. The van der Waals surface area contributed by atoms with Crippen molar-refractivity contribution < 1.29 is 63.1 Å². The molecule has 8 atom stereocenters. The monoisotopic (exact) mass is 792 g/mol. The van der Waals surface area contributed by atoms with Gasteiger partial charge >= 0.3 is 19.8 Å². The number of allylic oxidation sites excluding steroid dienone is 1. The van der Waals surface area contributed by atoms with Gasteiger partial charge < -0.3 is 39.9 Å². The highest BCUT2D eigenvalue weighted by Gasteiger charge is 2.39. The van der Waals surface area contributed by atoms with Crippen molar-refractivity contribution >= 4 is 19.8 Å². The minimum Gasteiger partial charge on any atom is -0.462 e. The van der Waals surface area contributed by atoms with Gasteiger partial charge in [0, 0.05) is 18.8 Å². The summed E-state index contributed by atoms with van der Waals surface area (Å²) in [6.45, 7) is 1.89. The zero-order valence-corrected chi connectivity index (χ0v) is 33.9. The van der Waals surface area contributed by atoms with Crippen molar-refractivity contribution in [2.45, 2.75) is 179 Å². The normalized spacial score (nSPS) is 21.7. The molecule has 1 fully saturated rings. The van der Waals surface area contributed by atoms with Crippen molar-refractivity contribution in [2.24, 2.45) is 11.8 Å². The first-order chi connectivity index (χ1) is 25.9. The predicted octanol–water partition coefficient (Wildman–Crippen LogP) is 6.60. The van der Waals surface area contributed by atoms with E-state index in [0.29, 0.717) is 19.3 Å². The van der Waals surface area contributed by atoms with Crippen molar-refractivity contribution in [3.8, 4) is 0 Å². The molecule has 14 heteroatoms. The number of hydrogen-bond acceptors (Lipinski definition) is 12. The van der Waals surface area contributed by atoms with E-state index in [1.165, 1.54) is 57.8 Å². The molecule has 0 aliphatic heterocycles.